The second-order valence-electron chi connectivity index (χ2n) is 12.8. The molecule has 0 amide bonds. The van der Waals surface area contributed by atoms with Crippen molar-refractivity contribution in [3.05, 3.63) is 108 Å². The Balaban J connectivity index is 0.000000153. The smallest absolute Gasteiger partial charge is 0.321 e. The Morgan fingerprint density at radius 2 is 1.08 bits per heavy atom. The first-order valence-corrected chi connectivity index (χ1v) is 17.2. The van der Waals surface area contributed by atoms with E-state index in [2.05, 4.69) is 33.4 Å². The van der Waals surface area contributed by atoms with E-state index in [1.807, 2.05) is 78.9 Å². The highest BCUT2D eigenvalue weighted by Gasteiger charge is 2.33. The van der Waals surface area contributed by atoms with E-state index in [1.54, 1.807) is 0 Å². The van der Waals surface area contributed by atoms with E-state index >= 15 is 0 Å². The molecule has 7 atom stereocenters. The van der Waals surface area contributed by atoms with Crippen LogP contribution in [0, 0.1) is 0 Å². The molecule has 4 aliphatic rings. The molecule has 12 nitrogen and oxygen atoms in total. The molecule has 0 saturated carbocycles. The standard InChI is InChI=1S/3C11H13NO2.C5H9NO2/c13-11(14)10-6-9(7-12-10)8-4-2-1-3-5-8;13-11(14)10-9(6-7-12-10)8-4-2-1-3-5-8;13-11(14)10-7-6-9(12-10)8-4-2-1-3-5-8;7-5(8)4-2-1-3-6-4/h3*1-5,9-10,12H,6-7H2,(H,13,14);4,6H,1-3H2,(H,7,8). The van der Waals surface area contributed by atoms with Gasteiger partial charge in [0, 0.05) is 18.5 Å². The lowest BCUT2D eigenvalue weighted by Crippen LogP contribution is -2.34. The average Bonchev–Trinajstić information content (AvgIpc) is 3.98. The van der Waals surface area contributed by atoms with E-state index in [0.29, 0.717) is 12.3 Å². The van der Waals surface area contributed by atoms with Gasteiger partial charge in [0.15, 0.2) is 0 Å². The second kappa shape index (κ2) is 19.5. The van der Waals surface area contributed by atoms with Gasteiger partial charge in [-0.3, -0.25) is 24.5 Å². The maximum atomic E-state index is 10.9. The summed E-state index contributed by atoms with van der Waals surface area (Å²) in [4.78, 5) is 42.5. The number of benzene rings is 3. The quantitative estimate of drug-likeness (QED) is 0.179. The SMILES string of the molecule is O=C(O)C1CC(c2ccccc2)CN1.O=C(O)C1CCC(c2ccccc2)N1.O=C(O)C1CCCN1.O=C(O)C1NCCC1c1ccccc1. The molecule has 4 saturated heterocycles. The molecule has 3 aromatic carbocycles. The third kappa shape index (κ3) is 11.5. The summed E-state index contributed by atoms with van der Waals surface area (Å²) in [6.45, 7) is 2.41. The first-order chi connectivity index (χ1) is 24.1. The molecule has 12 heteroatoms. The van der Waals surface area contributed by atoms with Crippen LogP contribution < -0.4 is 21.3 Å². The molecule has 8 N–H and O–H groups in total. The molecule has 50 heavy (non-hydrogen) atoms. The van der Waals surface area contributed by atoms with Gasteiger partial charge in [-0.05, 0) is 74.2 Å². The van der Waals surface area contributed by atoms with Gasteiger partial charge in [-0.1, -0.05) is 91.0 Å². The normalized spacial score (nSPS) is 26.6. The van der Waals surface area contributed by atoms with E-state index in [0.717, 1.165) is 57.3 Å². The van der Waals surface area contributed by atoms with Crippen LogP contribution in [-0.2, 0) is 19.2 Å². The van der Waals surface area contributed by atoms with Crippen molar-refractivity contribution < 1.29 is 39.6 Å². The summed E-state index contributed by atoms with van der Waals surface area (Å²) in [6.07, 6.45) is 5.00. The van der Waals surface area contributed by atoms with Gasteiger partial charge in [0.25, 0.3) is 0 Å². The largest absolute Gasteiger partial charge is 0.480 e. The summed E-state index contributed by atoms with van der Waals surface area (Å²) >= 11 is 0. The van der Waals surface area contributed by atoms with Gasteiger partial charge < -0.3 is 36.4 Å². The van der Waals surface area contributed by atoms with Crippen molar-refractivity contribution in [2.24, 2.45) is 0 Å². The molecule has 4 fully saturated rings. The van der Waals surface area contributed by atoms with Crippen LogP contribution in [0.3, 0.4) is 0 Å². The van der Waals surface area contributed by atoms with Gasteiger partial charge in [0.1, 0.15) is 24.2 Å². The minimum absolute atomic E-state index is 0.119. The lowest BCUT2D eigenvalue weighted by Gasteiger charge is -2.15. The molecule has 0 aliphatic carbocycles. The summed E-state index contributed by atoms with van der Waals surface area (Å²) in [5, 5.41) is 46.9. The van der Waals surface area contributed by atoms with Crippen LogP contribution in [0.2, 0.25) is 0 Å². The van der Waals surface area contributed by atoms with Crippen LogP contribution in [0.5, 0.6) is 0 Å². The highest BCUT2D eigenvalue weighted by Crippen LogP contribution is 2.28. The first-order valence-electron chi connectivity index (χ1n) is 17.2. The van der Waals surface area contributed by atoms with Crippen molar-refractivity contribution in [3.8, 4) is 0 Å². The number of nitrogens with one attached hydrogen (secondary N) is 4. The average molecular weight is 689 g/mol. The number of carboxylic acid groups (broad SMARTS) is 4. The number of aliphatic carboxylic acids is 4. The minimum atomic E-state index is -0.753. The van der Waals surface area contributed by atoms with Crippen LogP contribution in [0.25, 0.3) is 0 Å². The Morgan fingerprint density at radius 1 is 0.520 bits per heavy atom. The summed E-state index contributed by atoms with van der Waals surface area (Å²) in [5.41, 5.74) is 3.52. The zero-order valence-electron chi connectivity index (χ0n) is 28.0. The van der Waals surface area contributed by atoms with Crippen molar-refractivity contribution in [1.82, 2.24) is 21.3 Å². The third-order valence-electron chi connectivity index (χ3n) is 9.42. The Bertz CT molecular complexity index is 1440. The molecule has 0 radical (unpaired) electrons. The van der Waals surface area contributed by atoms with Gasteiger partial charge in [-0.25, -0.2) is 0 Å². The van der Waals surface area contributed by atoms with E-state index in [4.69, 9.17) is 20.4 Å². The molecular weight excluding hydrogens is 640 g/mol. The summed E-state index contributed by atoms with van der Waals surface area (Å²) in [6, 6.07) is 28.6. The Morgan fingerprint density at radius 3 is 1.54 bits per heavy atom. The van der Waals surface area contributed by atoms with Crippen molar-refractivity contribution in [3.63, 3.8) is 0 Å². The Hall–Kier alpha value is -4.62. The van der Waals surface area contributed by atoms with E-state index < -0.39 is 29.9 Å². The fraction of sp³-hybridized carbons (Fsp3) is 0.421. The van der Waals surface area contributed by atoms with Gasteiger partial charge in [-0.15, -0.1) is 0 Å². The molecule has 4 heterocycles. The van der Waals surface area contributed by atoms with Gasteiger partial charge in [-0.2, -0.15) is 0 Å². The maximum Gasteiger partial charge on any atom is 0.321 e. The monoisotopic (exact) mass is 688 g/mol. The van der Waals surface area contributed by atoms with E-state index in [1.165, 1.54) is 11.1 Å². The summed E-state index contributed by atoms with van der Waals surface area (Å²) in [5.74, 6) is -2.50. The number of carboxylic acids is 4. The predicted octanol–water partition coefficient (Wildman–Crippen LogP) is 3.82. The molecular formula is C38H48N4O8. The maximum absolute atomic E-state index is 10.9. The van der Waals surface area contributed by atoms with E-state index in [-0.39, 0.29) is 30.1 Å². The Labute approximate surface area is 292 Å². The minimum Gasteiger partial charge on any atom is -0.480 e. The molecule has 0 aromatic heterocycles. The van der Waals surface area contributed by atoms with Crippen molar-refractivity contribution in [2.75, 3.05) is 19.6 Å². The number of hydrogen-bond acceptors (Lipinski definition) is 8. The van der Waals surface area contributed by atoms with Crippen molar-refractivity contribution in [1.29, 1.82) is 0 Å². The highest BCUT2D eigenvalue weighted by molar-refractivity contribution is 5.76. The lowest BCUT2D eigenvalue weighted by molar-refractivity contribution is -0.140. The van der Waals surface area contributed by atoms with Crippen LogP contribution in [0.15, 0.2) is 91.0 Å². The van der Waals surface area contributed by atoms with Crippen molar-refractivity contribution in [2.45, 2.75) is 80.6 Å². The lowest BCUT2D eigenvalue weighted by atomic mass is 9.92. The first kappa shape index (κ1) is 38.2. The molecule has 4 aliphatic heterocycles. The third-order valence-corrected chi connectivity index (χ3v) is 9.42. The van der Waals surface area contributed by atoms with Crippen molar-refractivity contribution >= 4 is 23.9 Å². The van der Waals surface area contributed by atoms with Crippen LogP contribution in [-0.4, -0.2) is 88.1 Å². The molecule has 7 rings (SSSR count). The molecule has 0 spiro atoms. The van der Waals surface area contributed by atoms with E-state index in [9.17, 15) is 19.2 Å². The molecule has 3 aromatic rings. The van der Waals surface area contributed by atoms with Gasteiger partial charge in [0.05, 0.1) is 0 Å². The highest BCUT2D eigenvalue weighted by atomic mass is 16.4. The number of rotatable bonds is 7. The summed E-state index contributed by atoms with van der Waals surface area (Å²) in [7, 11) is 0. The van der Waals surface area contributed by atoms with Gasteiger partial charge in [0.2, 0.25) is 0 Å². The topological polar surface area (TPSA) is 197 Å². The Kier molecular flexibility index (Phi) is 14.9. The van der Waals surface area contributed by atoms with Gasteiger partial charge >= 0.3 is 23.9 Å². The zero-order valence-corrected chi connectivity index (χ0v) is 28.0. The second-order valence-corrected chi connectivity index (χ2v) is 12.8. The fourth-order valence-electron chi connectivity index (χ4n) is 6.71. The molecule has 7 unspecified atom stereocenters. The van der Waals surface area contributed by atoms with Crippen LogP contribution in [0.1, 0.15) is 73.1 Å². The zero-order chi connectivity index (χ0) is 35.9. The number of carbonyl (C=O) groups is 4. The summed E-state index contributed by atoms with van der Waals surface area (Å²) < 4.78 is 0. The van der Waals surface area contributed by atoms with Crippen LogP contribution >= 0.6 is 0 Å². The predicted molar refractivity (Wildman–Crippen MR) is 188 cm³/mol. The molecule has 0 bridgehead atoms. The van der Waals surface area contributed by atoms with Crippen LogP contribution in [0.4, 0.5) is 0 Å². The fourth-order valence-corrected chi connectivity index (χ4v) is 6.71. The number of hydrogen-bond donors (Lipinski definition) is 8. The molecule has 268 valence electrons.